The van der Waals surface area contributed by atoms with Crippen molar-refractivity contribution in [2.75, 3.05) is 5.32 Å². The van der Waals surface area contributed by atoms with Crippen LogP contribution in [0.15, 0.2) is 59.1 Å². The molecule has 0 spiro atoms. The molecule has 0 fully saturated rings. The van der Waals surface area contributed by atoms with Crippen LogP contribution in [0.5, 0.6) is 0 Å². The van der Waals surface area contributed by atoms with E-state index in [2.05, 4.69) is 21.2 Å². The lowest BCUT2D eigenvalue weighted by Crippen LogP contribution is -2.29. The summed E-state index contributed by atoms with van der Waals surface area (Å²) in [5, 5.41) is 3.03. The van der Waals surface area contributed by atoms with Gasteiger partial charge in [0.15, 0.2) is 6.10 Å². The number of esters is 1. The Morgan fingerprint density at radius 2 is 1.96 bits per heavy atom. The molecule has 2 aromatic carbocycles. The Hall–Kier alpha value is -2.11. The second-order valence-corrected chi connectivity index (χ2v) is 6.26. The molecular weight excluding hydrogens is 394 g/mol. The van der Waals surface area contributed by atoms with Crippen LogP contribution in [-0.2, 0) is 14.3 Å². The van der Waals surface area contributed by atoms with Crippen molar-refractivity contribution in [3.8, 4) is 0 Å². The molecule has 0 aliphatic rings. The molecule has 4 nitrogen and oxygen atoms in total. The smallest absolute Gasteiger partial charge is 0.331 e. The molecule has 0 aliphatic heterocycles. The fraction of sp³-hybridized carbons (Fsp3) is 0.111. The van der Waals surface area contributed by atoms with Gasteiger partial charge in [0.05, 0.1) is 10.7 Å². The number of benzene rings is 2. The molecule has 0 heterocycles. The zero-order chi connectivity index (χ0) is 17.5. The summed E-state index contributed by atoms with van der Waals surface area (Å²) in [6, 6.07) is 14.3. The van der Waals surface area contributed by atoms with Gasteiger partial charge >= 0.3 is 5.97 Å². The molecule has 0 unspecified atom stereocenters. The summed E-state index contributed by atoms with van der Waals surface area (Å²) >= 11 is 9.32. The highest BCUT2D eigenvalue weighted by Gasteiger charge is 2.17. The van der Waals surface area contributed by atoms with E-state index < -0.39 is 18.0 Å². The lowest BCUT2D eigenvalue weighted by molar-refractivity contribution is -0.148. The number of nitrogens with one attached hydrogen (secondary N) is 1. The highest BCUT2D eigenvalue weighted by molar-refractivity contribution is 9.10. The number of amides is 1. The molecule has 2 aromatic rings. The van der Waals surface area contributed by atoms with Gasteiger partial charge in [-0.25, -0.2) is 4.79 Å². The molecule has 0 aromatic heterocycles. The Morgan fingerprint density at radius 3 is 2.67 bits per heavy atom. The molecule has 6 heteroatoms. The quantitative estimate of drug-likeness (QED) is 0.577. The predicted octanol–water partition coefficient (Wildman–Crippen LogP) is 4.69. The minimum atomic E-state index is -0.944. The van der Waals surface area contributed by atoms with Crippen molar-refractivity contribution < 1.29 is 14.3 Å². The Bertz CT molecular complexity index is 776. The van der Waals surface area contributed by atoms with Crippen molar-refractivity contribution in [1.29, 1.82) is 0 Å². The summed E-state index contributed by atoms with van der Waals surface area (Å²) in [7, 11) is 0. The molecule has 0 saturated heterocycles. The first-order chi connectivity index (χ1) is 11.5. The van der Waals surface area contributed by atoms with Gasteiger partial charge in [-0.1, -0.05) is 51.8 Å². The van der Waals surface area contributed by atoms with Gasteiger partial charge < -0.3 is 10.1 Å². The van der Waals surface area contributed by atoms with E-state index in [9.17, 15) is 9.59 Å². The van der Waals surface area contributed by atoms with Crippen LogP contribution in [0, 0.1) is 0 Å². The van der Waals surface area contributed by atoms with Crippen LogP contribution >= 0.6 is 27.5 Å². The normalized spacial score (nSPS) is 12.0. The van der Waals surface area contributed by atoms with Gasteiger partial charge in [0, 0.05) is 10.5 Å². The van der Waals surface area contributed by atoms with Crippen LogP contribution in [0.25, 0.3) is 6.08 Å². The lowest BCUT2D eigenvalue weighted by atomic mass is 10.2. The van der Waals surface area contributed by atoms with Gasteiger partial charge in [-0.05, 0) is 42.8 Å². The van der Waals surface area contributed by atoms with Crippen molar-refractivity contribution in [3.63, 3.8) is 0 Å². The van der Waals surface area contributed by atoms with E-state index in [-0.39, 0.29) is 0 Å². The van der Waals surface area contributed by atoms with E-state index in [0.29, 0.717) is 10.7 Å². The van der Waals surface area contributed by atoms with Gasteiger partial charge in [-0.15, -0.1) is 0 Å². The van der Waals surface area contributed by atoms with Crippen molar-refractivity contribution >= 4 is 51.2 Å². The molecular formula is C18H15BrClNO3. The summed E-state index contributed by atoms with van der Waals surface area (Å²) in [6.45, 7) is 1.50. The number of carbonyl (C=O) groups excluding carboxylic acids is 2. The van der Waals surface area contributed by atoms with E-state index in [1.165, 1.54) is 13.0 Å². The van der Waals surface area contributed by atoms with Gasteiger partial charge in [0.2, 0.25) is 0 Å². The number of rotatable bonds is 5. The highest BCUT2D eigenvalue weighted by atomic mass is 79.9. The Morgan fingerprint density at radius 1 is 1.21 bits per heavy atom. The van der Waals surface area contributed by atoms with E-state index >= 15 is 0 Å². The molecule has 0 saturated carbocycles. The molecule has 24 heavy (non-hydrogen) atoms. The maximum atomic E-state index is 12.0. The minimum Gasteiger partial charge on any atom is -0.449 e. The fourth-order valence-corrected chi connectivity index (χ4v) is 2.44. The summed E-state index contributed by atoms with van der Waals surface area (Å²) in [5.74, 6) is -1.05. The Kier molecular flexibility index (Phi) is 6.58. The average Bonchev–Trinajstić information content (AvgIpc) is 2.55. The van der Waals surface area contributed by atoms with Crippen molar-refractivity contribution in [1.82, 2.24) is 0 Å². The Balaban J connectivity index is 1.91. The summed E-state index contributed by atoms with van der Waals surface area (Å²) in [4.78, 5) is 23.9. The molecule has 1 atom stereocenters. The van der Waals surface area contributed by atoms with Crippen LogP contribution in [-0.4, -0.2) is 18.0 Å². The zero-order valence-corrected chi connectivity index (χ0v) is 15.2. The van der Waals surface area contributed by atoms with Gasteiger partial charge in [-0.2, -0.15) is 0 Å². The van der Waals surface area contributed by atoms with Crippen LogP contribution in [0.3, 0.4) is 0 Å². The predicted molar refractivity (Wildman–Crippen MR) is 98.8 cm³/mol. The van der Waals surface area contributed by atoms with Crippen LogP contribution in [0.4, 0.5) is 5.69 Å². The number of para-hydroxylation sites is 1. The number of hydrogen-bond acceptors (Lipinski definition) is 3. The molecule has 1 N–H and O–H groups in total. The highest BCUT2D eigenvalue weighted by Crippen LogP contribution is 2.20. The van der Waals surface area contributed by atoms with Crippen LogP contribution in [0.2, 0.25) is 5.02 Å². The van der Waals surface area contributed by atoms with Crippen molar-refractivity contribution in [2.45, 2.75) is 13.0 Å². The second kappa shape index (κ2) is 8.66. The number of hydrogen-bond donors (Lipinski definition) is 1. The first kappa shape index (κ1) is 18.2. The number of halogens is 2. The van der Waals surface area contributed by atoms with Crippen LogP contribution in [0.1, 0.15) is 12.5 Å². The molecule has 0 aliphatic carbocycles. The second-order valence-electron chi connectivity index (χ2n) is 4.94. The number of anilines is 1. The van der Waals surface area contributed by atoms with E-state index in [0.717, 1.165) is 10.0 Å². The van der Waals surface area contributed by atoms with E-state index in [1.807, 2.05) is 24.3 Å². The third kappa shape index (κ3) is 5.51. The first-order valence-electron chi connectivity index (χ1n) is 7.15. The first-order valence-corrected chi connectivity index (χ1v) is 8.32. The molecule has 2 rings (SSSR count). The lowest BCUT2D eigenvalue weighted by Gasteiger charge is -2.13. The standard InChI is InChI=1S/C18H15BrClNO3/c1-12(18(23)21-16-8-3-2-7-15(16)20)24-17(22)10-9-13-5-4-6-14(19)11-13/h2-12H,1H3,(H,21,23)/b10-9+/t12-/m0/s1. The van der Waals surface area contributed by atoms with Gasteiger partial charge in [0.1, 0.15) is 0 Å². The fourth-order valence-electron chi connectivity index (χ4n) is 1.84. The minimum absolute atomic E-state index is 0.416. The van der Waals surface area contributed by atoms with Crippen LogP contribution < -0.4 is 5.32 Å². The molecule has 124 valence electrons. The summed E-state index contributed by atoms with van der Waals surface area (Å²) in [6.07, 6.45) is 1.95. The summed E-state index contributed by atoms with van der Waals surface area (Å²) in [5.41, 5.74) is 1.31. The SMILES string of the molecule is C[C@H](OC(=O)/C=C/c1cccc(Br)c1)C(=O)Nc1ccccc1Cl. The van der Waals surface area contributed by atoms with Gasteiger partial charge in [-0.3, -0.25) is 4.79 Å². The van der Waals surface area contributed by atoms with E-state index in [4.69, 9.17) is 16.3 Å². The number of carbonyl (C=O) groups is 2. The average molecular weight is 409 g/mol. The molecule has 1 amide bonds. The maximum absolute atomic E-state index is 12.0. The van der Waals surface area contributed by atoms with E-state index in [1.54, 1.807) is 30.3 Å². The van der Waals surface area contributed by atoms with Crippen molar-refractivity contribution in [2.24, 2.45) is 0 Å². The third-order valence-electron chi connectivity index (χ3n) is 3.05. The Labute approximate surface area is 153 Å². The van der Waals surface area contributed by atoms with Gasteiger partial charge in [0.25, 0.3) is 5.91 Å². The number of ether oxygens (including phenoxy) is 1. The molecule has 0 radical (unpaired) electrons. The van der Waals surface area contributed by atoms with Crippen molar-refractivity contribution in [3.05, 3.63) is 69.7 Å². The molecule has 0 bridgehead atoms. The third-order valence-corrected chi connectivity index (χ3v) is 3.88. The summed E-state index contributed by atoms with van der Waals surface area (Å²) < 4.78 is 5.99. The maximum Gasteiger partial charge on any atom is 0.331 e. The monoisotopic (exact) mass is 407 g/mol. The largest absolute Gasteiger partial charge is 0.449 e. The topological polar surface area (TPSA) is 55.4 Å². The zero-order valence-electron chi connectivity index (χ0n) is 12.8.